The van der Waals surface area contributed by atoms with Crippen LogP contribution in [0.5, 0.6) is 0 Å². The van der Waals surface area contributed by atoms with Gasteiger partial charge in [0.05, 0.1) is 13.0 Å². The highest BCUT2D eigenvalue weighted by atomic mass is 32.1. The molecule has 7 nitrogen and oxygen atoms in total. The monoisotopic (exact) mass is 391 g/mol. The zero-order chi connectivity index (χ0) is 20.0. The minimum atomic E-state index is -0.803. The zero-order valence-electron chi connectivity index (χ0n) is 15.8. The van der Waals surface area contributed by atoms with Gasteiger partial charge in [-0.25, -0.2) is 0 Å². The van der Waals surface area contributed by atoms with Crippen LogP contribution in [0.3, 0.4) is 0 Å². The number of thiocarbonyl (C=S) groups is 1. The van der Waals surface area contributed by atoms with Gasteiger partial charge < -0.3 is 15.0 Å². The highest BCUT2D eigenvalue weighted by Gasteiger charge is 2.34. The Balaban J connectivity index is 2.05. The lowest BCUT2D eigenvalue weighted by atomic mass is 10.1. The van der Waals surface area contributed by atoms with Gasteiger partial charge in [-0.2, -0.15) is 0 Å². The van der Waals surface area contributed by atoms with Gasteiger partial charge in [-0.3, -0.25) is 19.7 Å². The number of carbonyl (C=O) groups excluding carboxylic acids is 3. The molecule has 0 radical (unpaired) electrons. The van der Waals surface area contributed by atoms with Gasteiger partial charge >= 0.3 is 5.97 Å². The lowest BCUT2D eigenvalue weighted by molar-refractivity contribution is -0.148. The number of hydrogen-bond donors (Lipinski definition) is 2. The first-order valence-electron chi connectivity index (χ1n) is 8.90. The molecule has 146 valence electrons. The van der Waals surface area contributed by atoms with Crippen LogP contribution in [0, 0.1) is 12.8 Å². The Morgan fingerprint density at radius 1 is 1.37 bits per heavy atom. The molecule has 1 saturated heterocycles. The van der Waals surface area contributed by atoms with Gasteiger partial charge in [0.15, 0.2) is 5.11 Å². The van der Waals surface area contributed by atoms with Gasteiger partial charge in [0.2, 0.25) is 5.91 Å². The molecule has 1 fully saturated rings. The number of benzene rings is 1. The third-order valence-electron chi connectivity index (χ3n) is 4.14. The fourth-order valence-corrected chi connectivity index (χ4v) is 3.01. The first-order valence-corrected chi connectivity index (χ1v) is 9.31. The van der Waals surface area contributed by atoms with E-state index in [1.165, 1.54) is 0 Å². The molecule has 27 heavy (non-hydrogen) atoms. The second kappa shape index (κ2) is 9.45. The number of aryl methyl sites for hydroxylation is 1. The normalized spacial score (nSPS) is 16.7. The summed E-state index contributed by atoms with van der Waals surface area (Å²) in [6.07, 6.45) is -0.126. The van der Waals surface area contributed by atoms with Crippen LogP contribution in [0.15, 0.2) is 24.3 Å². The van der Waals surface area contributed by atoms with Crippen LogP contribution >= 0.6 is 12.2 Å². The Morgan fingerprint density at radius 2 is 2.07 bits per heavy atom. The molecule has 2 rings (SSSR count). The number of carbonyl (C=O) groups is 3. The third-order valence-corrected chi connectivity index (χ3v) is 4.48. The topological polar surface area (TPSA) is 87.7 Å². The van der Waals surface area contributed by atoms with Gasteiger partial charge in [0, 0.05) is 18.7 Å². The Morgan fingerprint density at radius 3 is 2.74 bits per heavy atom. The van der Waals surface area contributed by atoms with Crippen molar-refractivity contribution >= 4 is 35.1 Å². The summed E-state index contributed by atoms with van der Waals surface area (Å²) < 4.78 is 5.17. The number of hydrogen-bond acceptors (Lipinski definition) is 5. The third kappa shape index (κ3) is 5.75. The van der Waals surface area contributed by atoms with Crippen LogP contribution in [0.1, 0.15) is 36.2 Å². The molecule has 2 amide bonds. The van der Waals surface area contributed by atoms with Crippen LogP contribution in [-0.4, -0.2) is 53.5 Å². The molecule has 0 aromatic heterocycles. The molecule has 1 atom stereocenters. The average Bonchev–Trinajstić information content (AvgIpc) is 2.61. The van der Waals surface area contributed by atoms with Crippen molar-refractivity contribution in [3.63, 3.8) is 0 Å². The van der Waals surface area contributed by atoms with Gasteiger partial charge in [-0.1, -0.05) is 32.0 Å². The van der Waals surface area contributed by atoms with Gasteiger partial charge in [-0.15, -0.1) is 0 Å². The molecule has 0 spiro atoms. The SMILES string of the molecule is Cc1ccccc1C(=O)NC(=S)N1CCNC(=O)C1CC(=O)OCC(C)C. The second-order valence-electron chi connectivity index (χ2n) is 6.86. The fraction of sp³-hybridized carbons (Fsp3) is 0.474. The van der Waals surface area contributed by atoms with E-state index in [0.29, 0.717) is 25.3 Å². The van der Waals surface area contributed by atoms with Gasteiger partial charge in [0.25, 0.3) is 5.91 Å². The number of nitrogens with one attached hydrogen (secondary N) is 2. The number of rotatable bonds is 5. The first kappa shape index (κ1) is 20.8. The number of ether oxygens (including phenoxy) is 1. The van der Waals surface area contributed by atoms with Crippen molar-refractivity contribution in [2.24, 2.45) is 5.92 Å². The molecule has 1 heterocycles. The minimum absolute atomic E-state index is 0.125. The zero-order valence-corrected chi connectivity index (χ0v) is 16.6. The summed E-state index contributed by atoms with van der Waals surface area (Å²) in [6, 6.07) is 6.35. The number of piperazine rings is 1. The molecule has 8 heteroatoms. The lowest BCUT2D eigenvalue weighted by Gasteiger charge is -2.36. The molecule has 1 aromatic carbocycles. The van der Waals surface area contributed by atoms with E-state index in [2.05, 4.69) is 10.6 Å². The van der Waals surface area contributed by atoms with E-state index in [-0.39, 0.29) is 29.3 Å². The summed E-state index contributed by atoms with van der Waals surface area (Å²) in [6.45, 7) is 6.78. The predicted molar refractivity (Wildman–Crippen MR) is 105 cm³/mol. The van der Waals surface area contributed by atoms with Crippen molar-refractivity contribution in [3.8, 4) is 0 Å². The standard InChI is InChI=1S/C19H25N3O4S/c1-12(2)11-26-16(23)10-15-18(25)20-8-9-22(15)19(27)21-17(24)14-7-5-4-6-13(14)3/h4-7,12,15H,8-11H2,1-3H3,(H,20,25)(H,21,24,27). The van der Waals surface area contributed by atoms with Crippen molar-refractivity contribution in [1.82, 2.24) is 15.5 Å². The van der Waals surface area contributed by atoms with Crippen molar-refractivity contribution in [2.45, 2.75) is 33.2 Å². The molecule has 0 aliphatic carbocycles. The van der Waals surface area contributed by atoms with Crippen LogP contribution < -0.4 is 10.6 Å². The highest BCUT2D eigenvalue weighted by Crippen LogP contribution is 2.12. The Bertz CT molecular complexity index is 735. The van der Waals surface area contributed by atoms with E-state index in [1.807, 2.05) is 32.9 Å². The summed E-state index contributed by atoms with van der Waals surface area (Å²) in [5, 5.41) is 5.51. The predicted octanol–water partition coefficient (Wildman–Crippen LogP) is 1.40. The average molecular weight is 391 g/mol. The Kier molecular flexibility index (Phi) is 7.29. The summed E-state index contributed by atoms with van der Waals surface area (Å²) in [4.78, 5) is 38.4. The molecule has 1 aromatic rings. The minimum Gasteiger partial charge on any atom is -0.465 e. The van der Waals surface area contributed by atoms with Crippen molar-refractivity contribution in [1.29, 1.82) is 0 Å². The van der Waals surface area contributed by atoms with E-state index in [9.17, 15) is 14.4 Å². The summed E-state index contributed by atoms with van der Waals surface area (Å²) >= 11 is 5.34. The van der Waals surface area contributed by atoms with Gasteiger partial charge in [-0.05, 0) is 36.7 Å². The molecule has 2 N–H and O–H groups in total. The summed E-state index contributed by atoms with van der Waals surface area (Å²) in [7, 11) is 0. The molecule has 0 saturated carbocycles. The largest absolute Gasteiger partial charge is 0.465 e. The molecule has 1 aliphatic heterocycles. The summed E-state index contributed by atoms with van der Waals surface area (Å²) in [5.74, 6) is -0.913. The molecular weight excluding hydrogens is 366 g/mol. The maximum absolute atomic E-state index is 12.5. The van der Waals surface area contributed by atoms with Crippen LogP contribution in [-0.2, 0) is 14.3 Å². The quantitative estimate of drug-likeness (QED) is 0.583. The number of nitrogens with zero attached hydrogens (tertiary/aromatic N) is 1. The van der Waals surface area contributed by atoms with E-state index in [0.717, 1.165) is 5.56 Å². The van der Waals surface area contributed by atoms with E-state index >= 15 is 0 Å². The number of esters is 1. The molecule has 1 aliphatic rings. The second-order valence-corrected chi connectivity index (χ2v) is 7.24. The Hall–Kier alpha value is -2.48. The van der Waals surface area contributed by atoms with Crippen molar-refractivity contribution in [3.05, 3.63) is 35.4 Å². The fourth-order valence-electron chi connectivity index (χ4n) is 2.70. The van der Waals surface area contributed by atoms with E-state index in [4.69, 9.17) is 17.0 Å². The van der Waals surface area contributed by atoms with Crippen LogP contribution in [0.2, 0.25) is 0 Å². The Labute approximate surface area is 164 Å². The number of amides is 2. The maximum Gasteiger partial charge on any atom is 0.308 e. The van der Waals surface area contributed by atoms with Crippen molar-refractivity contribution in [2.75, 3.05) is 19.7 Å². The summed E-state index contributed by atoms with van der Waals surface area (Å²) in [5.41, 5.74) is 1.33. The van der Waals surface area contributed by atoms with Gasteiger partial charge in [0.1, 0.15) is 6.04 Å². The van der Waals surface area contributed by atoms with Crippen LogP contribution in [0.25, 0.3) is 0 Å². The highest BCUT2D eigenvalue weighted by molar-refractivity contribution is 7.80. The maximum atomic E-state index is 12.5. The lowest BCUT2D eigenvalue weighted by Crippen LogP contribution is -2.60. The molecule has 1 unspecified atom stereocenters. The smallest absolute Gasteiger partial charge is 0.308 e. The van der Waals surface area contributed by atoms with Crippen molar-refractivity contribution < 1.29 is 19.1 Å². The first-order chi connectivity index (χ1) is 12.8. The van der Waals surface area contributed by atoms with Crippen LogP contribution in [0.4, 0.5) is 0 Å². The van der Waals surface area contributed by atoms with E-state index < -0.39 is 12.0 Å². The molecule has 0 bridgehead atoms. The molecular formula is C19H25N3O4S. The van der Waals surface area contributed by atoms with E-state index in [1.54, 1.807) is 17.0 Å².